The van der Waals surface area contributed by atoms with Crippen LogP contribution in [0.5, 0.6) is 0 Å². The Morgan fingerprint density at radius 3 is 2.62 bits per heavy atom. The van der Waals surface area contributed by atoms with E-state index >= 15 is 0 Å². The number of nitrogens with zero attached hydrogens (tertiary/aromatic N) is 1. The summed E-state index contributed by atoms with van der Waals surface area (Å²) in [6.07, 6.45) is 0. The van der Waals surface area contributed by atoms with Gasteiger partial charge in [0.15, 0.2) is 0 Å². The minimum Gasteiger partial charge on any atom is -0.465 e. The van der Waals surface area contributed by atoms with Crippen LogP contribution in [0.25, 0.3) is 11.3 Å². The normalized spacial score (nSPS) is 10.7. The maximum absolute atomic E-state index is 13.6. The van der Waals surface area contributed by atoms with Crippen molar-refractivity contribution in [2.24, 2.45) is 0 Å². The number of esters is 1. The van der Waals surface area contributed by atoms with Crippen molar-refractivity contribution in [1.29, 1.82) is 0 Å². The summed E-state index contributed by atoms with van der Waals surface area (Å²) in [7, 11) is 1.22. The van der Waals surface area contributed by atoms with Crippen LogP contribution in [-0.2, 0) is 4.74 Å². The van der Waals surface area contributed by atoms with E-state index in [1.807, 2.05) is 13.8 Å². The number of hydrogen-bond acceptors (Lipinski definition) is 4. The van der Waals surface area contributed by atoms with Gasteiger partial charge in [-0.05, 0) is 18.2 Å². The Balaban J connectivity index is 2.59. The van der Waals surface area contributed by atoms with E-state index in [1.54, 1.807) is 0 Å². The van der Waals surface area contributed by atoms with Gasteiger partial charge in [-0.15, -0.1) is 0 Å². The molecule has 6 heteroatoms. The van der Waals surface area contributed by atoms with Gasteiger partial charge in [-0.2, -0.15) is 0 Å². The molecule has 0 fully saturated rings. The molecule has 0 aliphatic carbocycles. The van der Waals surface area contributed by atoms with Gasteiger partial charge in [-0.25, -0.2) is 14.2 Å². The molecule has 1 heterocycles. The number of carbonyl (C=O) groups is 1. The van der Waals surface area contributed by atoms with Crippen molar-refractivity contribution in [3.63, 3.8) is 0 Å². The van der Waals surface area contributed by atoms with E-state index in [9.17, 15) is 14.0 Å². The zero-order valence-corrected chi connectivity index (χ0v) is 11.9. The van der Waals surface area contributed by atoms with Gasteiger partial charge >= 0.3 is 5.97 Å². The van der Waals surface area contributed by atoms with Crippen LogP contribution < -0.4 is 5.56 Å². The maximum atomic E-state index is 13.6. The molecule has 5 nitrogen and oxygen atoms in total. The molecular weight excluding hydrogens is 275 g/mol. The van der Waals surface area contributed by atoms with Crippen molar-refractivity contribution in [3.8, 4) is 11.3 Å². The second kappa shape index (κ2) is 5.87. The van der Waals surface area contributed by atoms with E-state index < -0.39 is 11.8 Å². The summed E-state index contributed by atoms with van der Waals surface area (Å²) in [6.45, 7) is 3.76. The number of H-pyrrole nitrogens is 1. The molecule has 0 spiro atoms. The van der Waals surface area contributed by atoms with Crippen molar-refractivity contribution in [3.05, 3.63) is 51.8 Å². The Kier molecular flexibility index (Phi) is 4.16. The van der Waals surface area contributed by atoms with E-state index in [4.69, 9.17) is 0 Å². The second-order valence-corrected chi connectivity index (χ2v) is 4.89. The number of methoxy groups -OCH3 is 1. The highest BCUT2D eigenvalue weighted by Gasteiger charge is 2.12. The Labute approximate surface area is 120 Å². The fourth-order valence-electron chi connectivity index (χ4n) is 1.87. The van der Waals surface area contributed by atoms with Gasteiger partial charge in [-0.1, -0.05) is 13.8 Å². The highest BCUT2D eigenvalue weighted by molar-refractivity contribution is 5.90. The smallest absolute Gasteiger partial charge is 0.337 e. The molecular formula is C15H15FN2O3. The van der Waals surface area contributed by atoms with Crippen molar-refractivity contribution >= 4 is 5.97 Å². The molecule has 1 aromatic heterocycles. The fraction of sp³-hybridized carbons (Fsp3) is 0.267. The molecule has 0 unspecified atom stereocenters. The van der Waals surface area contributed by atoms with Crippen LogP contribution in [0.2, 0.25) is 0 Å². The van der Waals surface area contributed by atoms with Gasteiger partial charge in [0, 0.05) is 17.5 Å². The van der Waals surface area contributed by atoms with E-state index in [-0.39, 0.29) is 17.0 Å². The lowest BCUT2D eigenvalue weighted by Gasteiger charge is -2.08. The summed E-state index contributed by atoms with van der Waals surface area (Å²) in [5, 5.41) is 0. The first kappa shape index (κ1) is 14.9. The molecule has 0 atom stereocenters. The Morgan fingerprint density at radius 2 is 2.00 bits per heavy atom. The molecule has 0 amide bonds. The number of halogens is 1. The molecule has 2 rings (SSSR count). The molecule has 0 radical (unpaired) electrons. The zero-order chi connectivity index (χ0) is 15.6. The maximum Gasteiger partial charge on any atom is 0.337 e. The molecule has 0 aliphatic heterocycles. The number of carbonyl (C=O) groups excluding carboxylic acids is 1. The SMILES string of the molecule is COC(=O)c1cc(F)cc(-c2cc(=O)[nH]c(C(C)C)n2)c1. The molecule has 21 heavy (non-hydrogen) atoms. The van der Waals surface area contributed by atoms with E-state index in [0.29, 0.717) is 17.1 Å². The largest absolute Gasteiger partial charge is 0.465 e. The van der Waals surface area contributed by atoms with Gasteiger partial charge in [0.05, 0.1) is 18.4 Å². The number of nitrogens with one attached hydrogen (secondary N) is 1. The molecule has 1 N–H and O–H groups in total. The molecule has 2 aromatic rings. The first-order valence-corrected chi connectivity index (χ1v) is 6.41. The third-order valence-electron chi connectivity index (χ3n) is 2.92. The Bertz CT molecular complexity index is 738. The fourth-order valence-corrected chi connectivity index (χ4v) is 1.87. The van der Waals surface area contributed by atoms with Crippen LogP contribution in [-0.4, -0.2) is 23.0 Å². The van der Waals surface area contributed by atoms with Crippen LogP contribution in [0, 0.1) is 5.82 Å². The van der Waals surface area contributed by atoms with Crippen LogP contribution in [0.4, 0.5) is 4.39 Å². The number of aromatic nitrogens is 2. The number of rotatable bonds is 3. The van der Waals surface area contributed by atoms with Gasteiger partial charge in [0.2, 0.25) is 0 Å². The van der Waals surface area contributed by atoms with E-state index in [1.165, 1.54) is 25.3 Å². The average Bonchev–Trinajstić information content (AvgIpc) is 2.45. The quantitative estimate of drug-likeness (QED) is 0.881. The van der Waals surface area contributed by atoms with Gasteiger partial charge < -0.3 is 9.72 Å². The summed E-state index contributed by atoms with van der Waals surface area (Å²) in [5.41, 5.74) is 0.406. The molecule has 0 bridgehead atoms. The predicted molar refractivity (Wildman–Crippen MR) is 75.7 cm³/mol. The van der Waals surface area contributed by atoms with E-state index in [2.05, 4.69) is 14.7 Å². The van der Waals surface area contributed by atoms with Gasteiger partial charge in [0.1, 0.15) is 11.6 Å². The number of aromatic amines is 1. The summed E-state index contributed by atoms with van der Waals surface area (Å²) in [6, 6.07) is 5.01. The standard InChI is InChI=1S/C15H15FN2O3/c1-8(2)14-17-12(7-13(19)18-14)9-4-10(15(20)21-3)6-11(16)5-9/h4-8H,1-3H3,(H,17,18,19). The number of hydrogen-bond donors (Lipinski definition) is 1. The van der Waals surface area contributed by atoms with Gasteiger partial charge in [0.25, 0.3) is 5.56 Å². The first-order valence-electron chi connectivity index (χ1n) is 6.41. The second-order valence-electron chi connectivity index (χ2n) is 4.89. The van der Waals surface area contributed by atoms with Crippen molar-refractivity contribution in [1.82, 2.24) is 9.97 Å². The van der Waals surface area contributed by atoms with Crippen molar-refractivity contribution < 1.29 is 13.9 Å². The third kappa shape index (κ3) is 3.34. The first-order chi connectivity index (χ1) is 9.90. The van der Waals surface area contributed by atoms with Crippen molar-refractivity contribution in [2.45, 2.75) is 19.8 Å². The molecule has 0 saturated heterocycles. The highest BCUT2D eigenvalue weighted by Crippen LogP contribution is 2.21. The summed E-state index contributed by atoms with van der Waals surface area (Å²) in [4.78, 5) is 30.1. The average molecular weight is 290 g/mol. The lowest BCUT2D eigenvalue weighted by Crippen LogP contribution is -2.12. The van der Waals surface area contributed by atoms with Gasteiger partial charge in [-0.3, -0.25) is 4.79 Å². The minimum absolute atomic E-state index is 0.0197. The number of benzene rings is 1. The van der Waals surface area contributed by atoms with Crippen LogP contribution in [0.15, 0.2) is 29.1 Å². The predicted octanol–water partition coefficient (Wildman–Crippen LogP) is 2.49. The van der Waals surface area contributed by atoms with Crippen LogP contribution in [0.1, 0.15) is 35.9 Å². The molecule has 0 aliphatic rings. The summed E-state index contributed by atoms with van der Waals surface area (Å²) in [5.74, 6) is -0.724. The summed E-state index contributed by atoms with van der Waals surface area (Å²) >= 11 is 0. The Hall–Kier alpha value is -2.50. The van der Waals surface area contributed by atoms with Crippen LogP contribution >= 0.6 is 0 Å². The molecule has 0 saturated carbocycles. The monoisotopic (exact) mass is 290 g/mol. The summed E-state index contributed by atoms with van der Waals surface area (Å²) < 4.78 is 18.2. The molecule has 1 aromatic carbocycles. The van der Waals surface area contributed by atoms with Crippen molar-refractivity contribution in [2.75, 3.05) is 7.11 Å². The van der Waals surface area contributed by atoms with E-state index in [0.717, 1.165) is 6.07 Å². The lowest BCUT2D eigenvalue weighted by atomic mass is 10.1. The Morgan fingerprint density at radius 1 is 1.29 bits per heavy atom. The van der Waals surface area contributed by atoms with Crippen LogP contribution in [0.3, 0.4) is 0 Å². The highest BCUT2D eigenvalue weighted by atomic mass is 19.1. The topological polar surface area (TPSA) is 72.1 Å². The minimum atomic E-state index is -0.648. The zero-order valence-electron chi connectivity index (χ0n) is 11.9. The molecule has 110 valence electrons. The number of ether oxygens (including phenoxy) is 1. The lowest BCUT2D eigenvalue weighted by molar-refractivity contribution is 0.0600. The third-order valence-corrected chi connectivity index (χ3v) is 2.92.